The summed E-state index contributed by atoms with van der Waals surface area (Å²) < 4.78 is 5.22. The van der Waals surface area contributed by atoms with Crippen molar-refractivity contribution in [3.63, 3.8) is 0 Å². The Hall–Kier alpha value is -2.48. The van der Waals surface area contributed by atoms with Crippen LogP contribution in [0.2, 0.25) is 0 Å². The summed E-state index contributed by atoms with van der Waals surface area (Å²) in [5.74, 6) is 1.06. The molecule has 0 aliphatic heterocycles. The third-order valence-corrected chi connectivity index (χ3v) is 3.27. The summed E-state index contributed by atoms with van der Waals surface area (Å²) in [4.78, 5) is 0. The highest BCUT2D eigenvalue weighted by Crippen LogP contribution is 2.29. The van der Waals surface area contributed by atoms with Crippen LogP contribution < -0.4 is 4.74 Å². The first-order valence-electron chi connectivity index (χ1n) is 6.14. The molecule has 0 bridgehead atoms. The van der Waals surface area contributed by atoms with Crippen LogP contribution in [0, 0.1) is 0 Å². The molecule has 2 aromatic rings. The largest absolute Gasteiger partial charge is 0.507 e. The molecular formula is C17H14O2. The van der Waals surface area contributed by atoms with Gasteiger partial charge in [0.05, 0.1) is 7.11 Å². The lowest BCUT2D eigenvalue weighted by atomic mass is 9.97. The standard InChI is InChI=1S/C17H14O2/c1-19-15-8-9-16-14(10-15)7-6-12-4-2-3-5-13(12)11-17(16)18/h2-11,18H,1H3. The molecule has 0 saturated heterocycles. The third kappa shape index (κ3) is 2.13. The van der Waals surface area contributed by atoms with E-state index in [2.05, 4.69) is 6.08 Å². The third-order valence-electron chi connectivity index (χ3n) is 3.27. The van der Waals surface area contributed by atoms with Gasteiger partial charge in [-0.2, -0.15) is 0 Å². The van der Waals surface area contributed by atoms with Crippen LogP contribution in [0.15, 0.2) is 42.5 Å². The molecule has 0 spiro atoms. The number of ether oxygens (including phenoxy) is 1. The molecule has 0 fully saturated rings. The maximum atomic E-state index is 10.3. The number of hydrogen-bond acceptors (Lipinski definition) is 2. The van der Waals surface area contributed by atoms with E-state index in [-0.39, 0.29) is 5.76 Å². The van der Waals surface area contributed by atoms with Crippen molar-refractivity contribution in [3.05, 3.63) is 64.7 Å². The van der Waals surface area contributed by atoms with Gasteiger partial charge in [0.1, 0.15) is 11.5 Å². The van der Waals surface area contributed by atoms with E-state index in [0.717, 1.165) is 28.0 Å². The molecule has 2 nitrogen and oxygen atoms in total. The Morgan fingerprint density at radius 2 is 1.63 bits per heavy atom. The highest BCUT2D eigenvalue weighted by Gasteiger charge is 2.10. The summed E-state index contributed by atoms with van der Waals surface area (Å²) in [7, 11) is 1.64. The molecule has 0 amide bonds. The molecule has 3 rings (SSSR count). The molecule has 94 valence electrons. The molecule has 0 heterocycles. The van der Waals surface area contributed by atoms with Crippen LogP contribution in [-0.2, 0) is 0 Å². The fourth-order valence-corrected chi connectivity index (χ4v) is 2.24. The zero-order valence-corrected chi connectivity index (χ0v) is 10.6. The van der Waals surface area contributed by atoms with Gasteiger partial charge in [-0.15, -0.1) is 0 Å². The second kappa shape index (κ2) is 4.65. The molecule has 0 unspecified atom stereocenters. The molecule has 0 aromatic heterocycles. The number of fused-ring (bicyclic) bond motifs is 2. The maximum Gasteiger partial charge on any atom is 0.124 e. The number of methoxy groups -OCH3 is 1. The Bertz CT molecular complexity index is 681. The van der Waals surface area contributed by atoms with E-state index in [1.807, 2.05) is 48.5 Å². The number of benzene rings is 2. The molecule has 0 radical (unpaired) electrons. The summed E-state index contributed by atoms with van der Waals surface area (Å²) in [6.45, 7) is 0. The molecule has 2 heteroatoms. The van der Waals surface area contributed by atoms with E-state index < -0.39 is 0 Å². The van der Waals surface area contributed by atoms with E-state index in [1.165, 1.54) is 0 Å². The highest BCUT2D eigenvalue weighted by molar-refractivity contribution is 5.89. The number of rotatable bonds is 1. The minimum Gasteiger partial charge on any atom is -0.507 e. The minimum atomic E-state index is 0.273. The summed E-state index contributed by atoms with van der Waals surface area (Å²) in [5, 5.41) is 10.3. The second-order valence-electron chi connectivity index (χ2n) is 4.45. The van der Waals surface area contributed by atoms with Crippen molar-refractivity contribution in [2.45, 2.75) is 0 Å². The first-order chi connectivity index (χ1) is 9.28. The lowest BCUT2D eigenvalue weighted by molar-refractivity contribution is 0.414. The average Bonchev–Trinajstić information content (AvgIpc) is 2.44. The van der Waals surface area contributed by atoms with E-state index in [1.54, 1.807) is 13.2 Å². The molecular weight excluding hydrogens is 236 g/mol. The Morgan fingerprint density at radius 3 is 2.42 bits per heavy atom. The lowest BCUT2D eigenvalue weighted by Gasteiger charge is -2.11. The lowest BCUT2D eigenvalue weighted by Crippen LogP contribution is -1.93. The van der Waals surface area contributed by atoms with Crippen LogP contribution in [-0.4, -0.2) is 12.2 Å². The second-order valence-corrected chi connectivity index (χ2v) is 4.45. The Kier molecular flexibility index (Phi) is 2.84. The van der Waals surface area contributed by atoms with Crippen molar-refractivity contribution < 1.29 is 9.84 Å². The normalized spacial score (nSPS) is 12.8. The summed E-state index contributed by atoms with van der Waals surface area (Å²) in [6.07, 6.45) is 5.85. The Labute approximate surface area is 112 Å². The average molecular weight is 250 g/mol. The zero-order valence-electron chi connectivity index (χ0n) is 10.6. The van der Waals surface area contributed by atoms with Crippen molar-refractivity contribution in [1.29, 1.82) is 0 Å². The van der Waals surface area contributed by atoms with Crippen LogP contribution in [0.3, 0.4) is 0 Å². The van der Waals surface area contributed by atoms with Gasteiger partial charge in [-0.25, -0.2) is 0 Å². The van der Waals surface area contributed by atoms with Gasteiger partial charge in [0, 0.05) is 5.56 Å². The Morgan fingerprint density at radius 1 is 0.895 bits per heavy atom. The summed E-state index contributed by atoms with van der Waals surface area (Å²) in [6, 6.07) is 13.6. The van der Waals surface area contributed by atoms with Gasteiger partial charge in [-0.3, -0.25) is 0 Å². The van der Waals surface area contributed by atoms with Crippen LogP contribution in [0.5, 0.6) is 5.75 Å². The molecule has 19 heavy (non-hydrogen) atoms. The van der Waals surface area contributed by atoms with Crippen LogP contribution >= 0.6 is 0 Å². The highest BCUT2D eigenvalue weighted by atomic mass is 16.5. The molecule has 0 atom stereocenters. The molecule has 1 aliphatic rings. The van der Waals surface area contributed by atoms with Crippen LogP contribution in [0.4, 0.5) is 0 Å². The van der Waals surface area contributed by atoms with Crippen molar-refractivity contribution in [3.8, 4) is 5.75 Å². The van der Waals surface area contributed by atoms with E-state index in [0.29, 0.717) is 0 Å². The molecule has 1 N–H and O–H groups in total. The quantitative estimate of drug-likeness (QED) is 0.820. The molecule has 2 aromatic carbocycles. The topological polar surface area (TPSA) is 29.5 Å². The van der Waals surface area contributed by atoms with Crippen molar-refractivity contribution in [2.24, 2.45) is 0 Å². The van der Waals surface area contributed by atoms with Gasteiger partial charge in [0.2, 0.25) is 0 Å². The van der Waals surface area contributed by atoms with Gasteiger partial charge >= 0.3 is 0 Å². The molecule has 0 saturated carbocycles. The predicted molar refractivity (Wildman–Crippen MR) is 78.9 cm³/mol. The summed E-state index contributed by atoms with van der Waals surface area (Å²) >= 11 is 0. The monoisotopic (exact) mass is 250 g/mol. The fourth-order valence-electron chi connectivity index (χ4n) is 2.24. The number of aliphatic hydroxyl groups is 1. The fraction of sp³-hybridized carbons (Fsp3) is 0.0588. The predicted octanol–water partition coefficient (Wildman–Crippen LogP) is 4.24. The first kappa shape index (κ1) is 11.6. The van der Waals surface area contributed by atoms with Gasteiger partial charge < -0.3 is 9.84 Å². The smallest absolute Gasteiger partial charge is 0.124 e. The SMILES string of the molecule is COc1ccc2c(c1)C=Cc1ccccc1C=C2O. The number of aliphatic hydroxyl groups excluding tert-OH is 1. The van der Waals surface area contributed by atoms with Crippen LogP contribution in [0.25, 0.3) is 24.0 Å². The van der Waals surface area contributed by atoms with Gasteiger partial charge in [-0.1, -0.05) is 36.4 Å². The first-order valence-corrected chi connectivity index (χ1v) is 6.14. The van der Waals surface area contributed by atoms with Crippen molar-refractivity contribution in [1.82, 2.24) is 0 Å². The number of hydrogen-bond donors (Lipinski definition) is 1. The maximum absolute atomic E-state index is 10.3. The van der Waals surface area contributed by atoms with Crippen LogP contribution in [0.1, 0.15) is 22.3 Å². The van der Waals surface area contributed by atoms with E-state index in [9.17, 15) is 5.11 Å². The van der Waals surface area contributed by atoms with Crippen molar-refractivity contribution >= 4 is 24.0 Å². The molecule has 1 aliphatic carbocycles. The van der Waals surface area contributed by atoms with Crippen molar-refractivity contribution in [2.75, 3.05) is 7.11 Å². The summed E-state index contributed by atoms with van der Waals surface area (Å²) in [5.41, 5.74) is 3.86. The minimum absolute atomic E-state index is 0.273. The van der Waals surface area contributed by atoms with E-state index in [4.69, 9.17) is 4.74 Å². The van der Waals surface area contributed by atoms with Gasteiger partial charge in [0.15, 0.2) is 0 Å². The van der Waals surface area contributed by atoms with Gasteiger partial charge in [0.25, 0.3) is 0 Å². The Balaban J connectivity index is 2.19. The van der Waals surface area contributed by atoms with E-state index >= 15 is 0 Å². The zero-order chi connectivity index (χ0) is 13.2. The van der Waals surface area contributed by atoms with Gasteiger partial charge in [-0.05, 0) is 41.0 Å².